The molecule has 0 spiro atoms. The maximum atomic E-state index is 12.5. The maximum absolute atomic E-state index is 12.5. The molecule has 1 aromatic heterocycles. The highest BCUT2D eigenvalue weighted by Crippen LogP contribution is 2.20. The Balaban J connectivity index is 0.00000338. The third-order valence-corrected chi connectivity index (χ3v) is 3.34. The number of hydrogen-bond donors (Lipinski definition) is 2. The summed E-state index contributed by atoms with van der Waals surface area (Å²) in [5.41, 5.74) is 1.71. The number of para-hydroxylation sites is 1. The first-order chi connectivity index (χ1) is 12.1. The van der Waals surface area contributed by atoms with Gasteiger partial charge >= 0.3 is 6.61 Å². The zero-order valence-corrected chi connectivity index (χ0v) is 17.1. The van der Waals surface area contributed by atoms with E-state index in [-0.39, 0.29) is 36.3 Å². The average molecular weight is 479 g/mol. The quantitative estimate of drug-likeness (QED) is 0.347. The van der Waals surface area contributed by atoms with Crippen molar-refractivity contribution in [3.05, 3.63) is 47.8 Å². The van der Waals surface area contributed by atoms with Crippen LogP contribution in [0.15, 0.2) is 41.7 Å². The van der Waals surface area contributed by atoms with Crippen molar-refractivity contribution in [1.29, 1.82) is 0 Å². The van der Waals surface area contributed by atoms with Crippen molar-refractivity contribution in [3.8, 4) is 5.75 Å². The summed E-state index contributed by atoms with van der Waals surface area (Å²) in [6.07, 6.45) is 3.77. The number of rotatable bonds is 8. The first-order valence-corrected chi connectivity index (χ1v) is 8.12. The first-order valence-electron chi connectivity index (χ1n) is 8.12. The van der Waals surface area contributed by atoms with E-state index in [4.69, 9.17) is 0 Å². The van der Waals surface area contributed by atoms with Crippen LogP contribution in [-0.4, -0.2) is 35.4 Å². The molecule has 1 heterocycles. The second-order valence-corrected chi connectivity index (χ2v) is 5.39. The van der Waals surface area contributed by atoms with Gasteiger partial charge in [0.1, 0.15) is 5.75 Å². The van der Waals surface area contributed by atoms with Gasteiger partial charge in [0.05, 0.1) is 19.3 Å². The molecule has 26 heavy (non-hydrogen) atoms. The number of ether oxygens (including phenoxy) is 1. The Kier molecular flexibility index (Phi) is 9.92. The molecule has 2 N–H and O–H groups in total. The fraction of sp³-hybridized carbons (Fsp3) is 0.412. The Labute approximate surface area is 169 Å². The van der Waals surface area contributed by atoms with Gasteiger partial charge in [-0.1, -0.05) is 18.2 Å². The monoisotopic (exact) mass is 479 g/mol. The van der Waals surface area contributed by atoms with Crippen molar-refractivity contribution >= 4 is 29.9 Å². The number of halogens is 3. The standard InChI is InChI=1S/C17H23F2N5O.HI/c1-3-20-17(21-8-9-24-12-13(2)10-23-24)22-11-14-6-4-5-7-15(14)25-16(18)19;/h4-7,10,12,16H,3,8-9,11H2,1-2H3,(H2,20,21,22);1H. The molecule has 144 valence electrons. The lowest BCUT2D eigenvalue weighted by atomic mass is 10.2. The van der Waals surface area contributed by atoms with Crippen LogP contribution in [-0.2, 0) is 13.1 Å². The van der Waals surface area contributed by atoms with Crippen LogP contribution in [0.5, 0.6) is 5.75 Å². The molecule has 0 bridgehead atoms. The van der Waals surface area contributed by atoms with Crippen LogP contribution in [0.1, 0.15) is 18.1 Å². The molecular weight excluding hydrogens is 455 g/mol. The van der Waals surface area contributed by atoms with E-state index < -0.39 is 6.61 Å². The fourth-order valence-electron chi connectivity index (χ4n) is 2.23. The molecule has 0 saturated heterocycles. The molecule has 0 atom stereocenters. The van der Waals surface area contributed by atoms with Crippen molar-refractivity contribution in [1.82, 2.24) is 20.4 Å². The Morgan fingerprint density at radius 3 is 2.73 bits per heavy atom. The second-order valence-electron chi connectivity index (χ2n) is 5.39. The second kappa shape index (κ2) is 11.7. The van der Waals surface area contributed by atoms with Crippen LogP contribution >= 0.6 is 24.0 Å². The van der Waals surface area contributed by atoms with Crippen LogP contribution in [0.4, 0.5) is 8.78 Å². The van der Waals surface area contributed by atoms with Crippen molar-refractivity contribution in [2.75, 3.05) is 13.1 Å². The van der Waals surface area contributed by atoms with Gasteiger partial charge in [-0.05, 0) is 25.5 Å². The molecule has 0 amide bonds. The highest BCUT2D eigenvalue weighted by Gasteiger charge is 2.09. The summed E-state index contributed by atoms with van der Waals surface area (Å²) in [4.78, 5) is 4.43. The Bertz CT molecular complexity index is 693. The van der Waals surface area contributed by atoms with Gasteiger partial charge < -0.3 is 15.4 Å². The Morgan fingerprint density at radius 2 is 2.08 bits per heavy atom. The minimum Gasteiger partial charge on any atom is -0.434 e. The van der Waals surface area contributed by atoms with E-state index in [1.54, 1.807) is 24.4 Å². The van der Waals surface area contributed by atoms with Crippen molar-refractivity contribution < 1.29 is 13.5 Å². The molecule has 0 fully saturated rings. The van der Waals surface area contributed by atoms with Gasteiger partial charge in [-0.2, -0.15) is 13.9 Å². The van der Waals surface area contributed by atoms with E-state index in [0.717, 1.165) is 5.56 Å². The van der Waals surface area contributed by atoms with Crippen molar-refractivity contribution in [2.45, 2.75) is 33.5 Å². The number of benzene rings is 1. The van der Waals surface area contributed by atoms with E-state index in [1.165, 1.54) is 6.07 Å². The largest absolute Gasteiger partial charge is 0.434 e. The summed E-state index contributed by atoms with van der Waals surface area (Å²) >= 11 is 0. The predicted octanol–water partition coefficient (Wildman–Crippen LogP) is 3.17. The van der Waals surface area contributed by atoms with Gasteiger partial charge in [0.2, 0.25) is 0 Å². The SMILES string of the molecule is CCNC(=NCc1ccccc1OC(F)F)NCCn1cc(C)cn1.I. The van der Waals surface area contributed by atoms with E-state index in [0.29, 0.717) is 31.2 Å². The number of nitrogens with zero attached hydrogens (tertiary/aromatic N) is 3. The van der Waals surface area contributed by atoms with E-state index in [2.05, 4.69) is 25.5 Å². The maximum Gasteiger partial charge on any atom is 0.387 e. The van der Waals surface area contributed by atoms with Gasteiger partial charge in [-0.25, -0.2) is 4.99 Å². The normalized spacial score (nSPS) is 11.2. The lowest BCUT2D eigenvalue weighted by Gasteiger charge is -2.12. The molecule has 0 aliphatic rings. The van der Waals surface area contributed by atoms with Crippen LogP contribution < -0.4 is 15.4 Å². The van der Waals surface area contributed by atoms with Crippen LogP contribution in [0.2, 0.25) is 0 Å². The fourth-order valence-corrected chi connectivity index (χ4v) is 2.23. The molecule has 2 rings (SSSR count). The van der Waals surface area contributed by atoms with Gasteiger partial charge in [0, 0.05) is 24.8 Å². The molecule has 2 aromatic rings. The minimum atomic E-state index is -2.85. The highest BCUT2D eigenvalue weighted by molar-refractivity contribution is 14.0. The first kappa shape index (κ1) is 22.1. The minimum absolute atomic E-state index is 0. The zero-order chi connectivity index (χ0) is 18.1. The molecule has 0 aliphatic carbocycles. The van der Waals surface area contributed by atoms with E-state index in [1.807, 2.05) is 24.7 Å². The smallest absolute Gasteiger partial charge is 0.387 e. The Morgan fingerprint density at radius 1 is 1.31 bits per heavy atom. The molecule has 0 unspecified atom stereocenters. The number of aromatic nitrogens is 2. The topological polar surface area (TPSA) is 63.5 Å². The summed E-state index contributed by atoms with van der Waals surface area (Å²) in [6.45, 7) is 3.37. The average Bonchev–Trinajstić information content (AvgIpc) is 2.98. The number of guanidine groups is 1. The molecule has 0 aliphatic heterocycles. The van der Waals surface area contributed by atoms with Crippen LogP contribution in [0.25, 0.3) is 0 Å². The van der Waals surface area contributed by atoms with Crippen LogP contribution in [0, 0.1) is 6.92 Å². The van der Waals surface area contributed by atoms with Crippen LogP contribution in [0.3, 0.4) is 0 Å². The summed E-state index contributed by atoms with van der Waals surface area (Å²) in [7, 11) is 0. The third kappa shape index (κ3) is 7.54. The number of aliphatic imine (C=N–C) groups is 1. The summed E-state index contributed by atoms with van der Waals surface area (Å²) in [6, 6.07) is 6.65. The van der Waals surface area contributed by atoms with E-state index in [9.17, 15) is 8.78 Å². The number of aryl methyl sites for hydroxylation is 1. The van der Waals surface area contributed by atoms with Gasteiger partial charge in [0.15, 0.2) is 5.96 Å². The molecule has 9 heteroatoms. The number of hydrogen-bond acceptors (Lipinski definition) is 3. The zero-order valence-electron chi connectivity index (χ0n) is 14.8. The third-order valence-electron chi connectivity index (χ3n) is 3.34. The van der Waals surface area contributed by atoms with Gasteiger partial charge in [-0.3, -0.25) is 4.68 Å². The molecule has 0 radical (unpaired) electrons. The van der Waals surface area contributed by atoms with Gasteiger partial charge in [-0.15, -0.1) is 24.0 Å². The van der Waals surface area contributed by atoms with Gasteiger partial charge in [0.25, 0.3) is 0 Å². The lowest BCUT2D eigenvalue weighted by Crippen LogP contribution is -2.38. The van der Waals surface area contributed by atoms with Crippen molar-refractivity contribution in [2.24, 2.45) is 4.99 Å². The Hall–Kier alpha value is -1.91. The number of alkyl halides is 2. The van der Waals surface area contributed by atoms with E-state index >= 15 is 0 Å². The summed E-state index contributed by atoms with van der Waals surface area (Å²) < 4.78 is 31.3. The molecule has 1 aromatic carbocycles. The lowest BCUT2D eigenvalue weighted by molar-refractivity contribution is -0.0504. The summed E-state index contributed by atoms with van der Waals surface area (Å²) in [5, 5.41) is 10.5. The highest BCUT2D eigenvalue weighted by atomic mass is 127. The molecular formula is C17H24F2IN5O. The summed E-state index contributed by atoms with van der Waals surface area (Å²) in [5.74, 6) is 0.752. The number of nitrogens with one attached hydrogen (secondary N) is 2. The molecule has 0 saturated carbocycles. The molecule has 6 nitrogen and oxygen atoms in total. The van der Waals surface area contributed by atoms with Crippen molar-refractivity contribution in [3.63, 3.8) is 0 Å². The predicted molar refractivity (Wildman–Crippen MR) is 108 cm³/mol.